The fourth-order valence-corrected chi connectivity index (χ4v) is 1.67. The molecule has 0 spiro atoms. The first-order chi connectivity index (χ1) is 7.63. The Balaban J connectivity index is 2.34. The zero-order valence-corrected chi connectivity index (χ0v) is 10.6. The predicted molar refractivity (Wildman–Crippen MR) is 64.3 cm³/mol. The van der Waals surface area contributed by atoms with Gasteiger partial charge in [-0.1, -0.05) is 0 Å². The number of alkyl halides is 1. The molecule has 16 heavy (non-hydrogen) atoms. The molecular formula is C11H18ClN3O. The van der Waals surface area contributed by atoms with E-state index < -0.39 is 0 Å². The maximum atomic E-state index is 11.7. The lowest BCUT2D eigenvalue weighted by molar-refractivity contribution is -0.130. The fourth-order valence-electron chi connectivity index (χ4n) is 1.48. The lowest BCUT2D eigenvalue weighted by Crippen LogP contribution is -2.25. The van der Waals surface area contributed by atoms with Gasteiger partial charge in [0.05, 0.1) is 6.20 Å². The number of hydrogen-bond acceptors (Lipinski definition) is 2. The van der Waals surface area contributed by atoms with Crippen LogP contribution in [0.15, 0.2) is 12.4 Å². The monoisotopic (exact) mass is 243 g/mol. The van der Waals surface area contributed by atoms with Crippen LogP contribution in [-0.4, -0.2) is 33.5 Å². The van der Waals surface area contributed by atoms with Crippen molar-refractivity contribution in [3.8, 4) is 0 Å². The normalized spacial score (nSPS) is 10.4. The van der Waals surface area contributed by atoms with Crippen molar-refractivity contribution in [3.63, 3.8) is 0 Å². The zero-order chi connectivity index (χ0) is 12.0. The van der Waals surface area contributed by atoms with E-state index in [4.69, 9.17) is 11.6 Å². The highest BCUT2D eigenvalue weighted by molar-refractivity contribution is 6.17. The Morgan fingerprint density at radius 3 is 2.88 bits per heavy atom. The summed E-state index contributed by atoms with van der Waals surface area (Å²) in [5.74, 6) is 0.786. The van der Waals surface area contributed by atoms with Gasteiger partial charge in [-0.05, 0) is 12.8 Å². The summed E-state index contributed by atoms with van der Waals surface area (Å²) in [6.45, 7) is 0.619. The molecule has 0 N–H and O–H groups in total. The Bertz CT molecular complexity index is 338. The highest BCUT2D eigenvalue weighted by Crippen LogP contribution is 2.05. The van der Waals surface area contributed by atoms with E-state index in [2.05, 4.69) is 5.10 Å². The Morgan fingerprint density at radius 1 is 1.56 bits per heavy atom. The predicted octanol–water partition coefficient (Wildman–Crippen LogP) is 1.79. The van der Waals surface area contributed by atoms with E-state index in [1.165, 1.54) is 0 Å². The van der Waals surface area contributed by atoms with Gasteiger partial charge in [0.1, 0.15) is 0 Å². The van der Waals surface area contributed by atoms with Crippen LogP contribution < -0.4 is 0 Å². The highest BCUT2D eigenvalue weighted by Gasteiger charge is 2.09. The zero-order valence-electron chi connectivity index (χ0n) is 9.82. The Hall–Kier alpha value is -1.03. The van der Waals surface area contributed by atoms with Crippen LogP contribution in [0.1, 0.15) is 24.8 Å². The second-order valence-electron chi connectivity index (χ2n) is 3.92. The quantitative estimate of drug-likeness (QED) is 0.564. The summed E-state index contributed by atoms with van der Waals surface area (Å²) in [6.07, 6.45) is 6.03. The molecule has 4 nitrogen and oxygen atoms in total. The Kier molecular flexibility index (Phi) is 5.32. The number of carbonyl (C=O) groups is 1. The van der Waals surface area contributed by atoms with Gasteiger partial charge < -0.3 is 4.90 Å². The number of amides is 1. The van der Waals surface area contributed by atoms with Gasteiger partial charge in [-0.15, -0.1) is 11.6 Å². The standard InChI is InChI=1S/C11H18ClN3O/c1-14(11(16)5-3-4-6-12)8-10-7-13-15(2)9-10/h7,9H,3-6,8H2,1-2H3. The van der Waals surface area contributed by atoms with Gasteiger partial charge in [0.15, 0.2) is 0 Å². The third-order valence-electron chi connectivity index (χ3n) is 2.38. The average Bonchev–Trinajstić information content (AvgIpc) is 2.64. The van der Waals surface area contributed by atoms with E-state index in [1.54, 1.807) is 15.8 Å². The molecule has 1 aromatic rings. The minimum atomic E-state index is 0.161. The van der Waals surface area contributed by atoms with E-state index in [9.17, 15) is 4.79 Å². The van der Waals surface area contributed by atoms with Gasteiger partial charge in [0, 0.05) is 44.7 Å². The lowest BCUT2D eigenvalue weighted by atomic mass is 10.2. The summed E-state index contributed by atoms with van der Waals surface area (Å²) < 4.78 is 1.74. The number of nitrogens with zero attached hydrogens (tertiary/aromatic N) is 3. The van der Waals surface area contributed by atoms with Gasteiger partial charge >= 0.3 is 0 Å². The molecule has 0 radical (unpaired) electrons. The molecule has 5 heteroatoms. The van der Waals surface area contributed by atoms with E-state index in [-0.39, 0.29) is 5.91 Å². The summed E-state index contributed by atoms with van der Waals surface area (Å²) >= 11 is 5.56. The molecule has 0 saturated carbocycles. The minimum absolute atomic E-state index is 0.161. The number of unbranched alkanes of at least 4 members (excludes halogenated alkanes) is 1. The van der Waals surface area contributed by atoms with Gasteiger partial charge in [-0.2, -0.15) is 5.10 Å². The third-order valence-corrected chi connectivity index (χ3v) is 2.65. The van der Waals surface area contributed by atoms with E-state index in [1.807, 2.05) is 20.3 Å². The number of aryl methyl sites for hydroxylation is 1. The molecule has 0 aliphatic carbocycles. The van der Waals surface area contributed by atoms with Crippen LogP contribution in [0, 0.1) is 0 Å². The molecule has 1 heterocycles. The van der Waals surface area contributed by atoms with Crippen molar-refractivity contribution in [3.05, 3.63) is 18.0 Å². The molecule has 1 amide bonds. The van der Waals surface area contributed by atoms with E-state index in [0.717, 1.165) is 18.4 Å². The average molecular weight is 244 g/mol. The van der Waals surface area contributed by atoms with Crippen molar-refractivity contribution in [2.24, 2.45) is 7.05 Å². The summed E-state index contributed by atoms with van der Waals surface area (Å²) in [5.41, 5.74) is 1.05. The number of hydrogen-bond donors (Lipinski definition) is 0. The molecule has 0 aliphatic heterocycles. The van der Waals surface area contributed by atoms with Crippen molar-refractivity contribution < 1.29 is 4.79 Å². The summed E-state index contributed by atoms with van der Waals surface area (Å²) in [5, 5.41) is 4.07. The Morgan fingerprint density at radius 2 is 2.31 bits per heavy atom. The highest BCUT2D eigenvalue weighted by atomic mass is 35.5. The van der Waals surface area contributed by atoms with Crippen molar-refractivity contribution in [2.45, 2.75) is 25.8 Å². The maximum absolute atomic E-state index is 11.7. The number of rotatable bonds is 6. The molecular weight excluding hydrogens is 226 g/mol. The molecule has 0 atom stereocenters. The smallest absolute Gasteiger partial charge is 0.222 e. The van der Waals surface area contributed by atoms with Crippen LogP contribution in [0.2, 0.25) is 0 Å². The van der Waals surface area contributed by atoms with Crippen molar-refractivity contribution >= 4 is 17.5 Å². The van der Waals surface area contributed by atoms with Gasteiger partial charge in [0.2, 0.25) is 5.91 Å². The summed E-state index contributed by atoms with van der Waals surface area (Å²) in [4.78, 5) is 13.4. The molecule has 0 saturated heterocycles. The van der Waals surface area contributed by atoms with Crippen LogP contribution in [0.3, 0.4) is 0 Å². The van der Waals surface area contributed by atoms with Crippen molar-refractivity contribution in [1.29, 1.82) is 0 Å². The van der Waals surface area contributed by atoms with Gasteiger partial charge in [0.25, 0.3) is 0 Å². The first-order valence-electron chi connectivity index (χ1n) is 5.41. The van der Waals surface area contributed by atoms with Crippen LogP contribution in [0.4, 0.5) is 0 Å². The number of halogens is 1. The molecule has 0 bridgehead atoms. The maximum Gasteiger partial charge on any atom is 0.222 e. The molecule has 1 aromatic heterocycles. The summed E-state index contributed by atoms with van der Waals surface area (Å²) in [6, 6.07) is 0. The first kappa shape index (κ1) is 13.0. The number of carbonyl (C=O) groups excluding carboxylic acids is 1. The molecule has 0 aliphatic rings. The molecule has 1 rings (SSSR count). The number of aromatic nitrogens is 2. The molecule has 0 fully saturated rings. The summed E-state index contributed by atoms with van der Waals surface area (Å²) in [7, 11) is 3.68. The molecule has 0 aromatic carbocycles. The second-order valence-corrected chi connectivity index (χ2v) is 4.30. The van der Waals surface area contributed by atoms with Gasteiger partial charge in [-0.3, -0.25) is 9.48 Å². The van der Waals surface area contributed by atoms with Crippen LogP contribution in [0.25, 0.3) is 0 Å². The SMILES string of the molecule is CN(Cc1cnn(C)c1)C(=O)CCCCCl. The van der Waals surface area contributed by atoms with Crippen molar-refractivity contribution in [2.75, 3.05) is 12.9 Å². The topological polar surface area (TPSA) is 38.1 Å². The van der Waals surface area contributed by atoms with Gasteiger partial charge in [-0.25, -0.2) is 0 Å². The first-order valence-corrected chi connectivity index (χ1v) is 5.94. The molecule has 0 unspecified atom stereocenters. The fraction of sp³-hybridized carbons (Fsp3) is 0.636. The second kappa shape index (κ2) is 6.53. The molecule has 90 valence electrons. The van der Waals surface area contributed by atoms with Crippen LogP contribution >= 0.6 is 11.6 Å². The third kappa shape index (κ3) is 4.23. The van der Waals surface area contributed by atoms with E-state index >= 15 is 0 Å². The van der Waals surface area contributed by atoms with Crippen molar-refractivity contribution in [1.82, 2.24) is 14.7 Å². The van der Waals surface area contributed by atoms with Crippen LogP contribution in [-0.2, 0) is 18.4 Å². The lowest BCUT2D eigenvalue weighted by Gasteiger charge is -2.15. The largest absolute Gasteiger partial charge is 0.341 e. The Labute approximate surface area is 101 Å². The van der Waals surface area contributed by atoms with E-state index in [0.29, 0.717) is 18.8 Å². The minimum Gasteiger partial charge on any atom is -0.341 e. The van der Waals surface area contributed by atoms with Crippen LogP contribution in [0.5, 0.6) is 0 Å².